The molecule has 2 fully saturated rings. The molecule has 2 aliphatic carbocycles. The van der Waals surface area contributed by atoms with Crippen LogP contribution >= 0.6 is 0 Å². The molecule has 0 spiro atoms. The maximum absolute atomic E-state index is 12.0. The number of hydrogen-bond donors (Lipinski definition) is 3. The third-order valence-corrected chi connectivity index (χ3v) is 8.73. The fourth-order valence-electron chi connectivity index (χ4n) is 5.97. The topological polar surface area (TPSA) is 148 Å². The highest BCUT2D eigenvalue weighted by Gasteiger charge is 2.35. The van der Waals surface area contributed by atoms with Crippen LogP contribution in [-0.2, 0) is 12.1 Å². The molecule has 0 aromatic carbocycles. The summed E-state index contributed by atoms with van der Waals surface area (Å²) in [7, 11) is 0. The third-order valence-electron chi connectivity index (χ3n) is 8.73. The summed E-state index contributed by atoms with van der Waals surface area (Å²) in [6, 6.07) is 3.80. The third kappa shape index (κ3) is 4.95. The Kier molecular flexibility index (Phi) is 6.70. The molecule has 2 aliphatic rings. The molecule has 11 heteroatoms. The molecular weight excluding hydrogens is 496 g/mol. The van der Waals surface area contributed by atoms with E-state index in [1.54, 1.807) is 31.5 Å². The van der Waals surface area contributed by atoms with Gasteiger partial charge in [-0.3, -0.25) is 14.5 Å². The molecule has 0 amide bonds. The summed E-state index contributed by atoms with van der Waals surface area (Å²) in [5.41, 5.74) is 0.474. The van der Waals surface area contributed by atoms with Crippen LogP contribution in [-0.4, -0.2) is 45.8 Å². The predicted octanol–water partition coefficient (Wildman–Crippen LogP) is 4.25. The van der Waals surface area contributed by atoms with Crippen LogP contribution in [0.5, 0.6) is 0 Å². The van der Waals surface area contributed by atoms with E-state index in [0.29, 0.717) is 41.2 Å². The van der Waals surface area contributed by atoms with Gasteiger partial charge in [0.15, 0.2) is 11.5 Å². The number of rotatable bonds is 8. The van der Waals surface area contributed by atoms with E-state index in [4.69, 9.17) is 19.5 Å². The van der Waals surface area contributed by atoms with Gasteiger partial charge in [0.1, 0.15) is 16.9 Å². The van der Waals surface area contributed by atoms with Gasteiger partial charge in [-0.25, -0.2) is 19.7 Å². The minimum absolute atomic E-state index is 0.138. The maximum Gasteiger partial charge on any atom is 0.439 e. The summed E-state index contributed by atoms with van der Waals surface area (Å²) >= 11 is 0. The van der Waals surface area contributed by atoms with Crippen molar-refractivity contribution in [3.8, 4) is 11.6 Å². The smallest absolute Gasteiger partial charge is 0.377 e. The number of aromatic amines is 1. The summed E-state index contributed by atoms with van der Waals surface area (Å²) in [6.45, 7) is 6.95. The lowest BCUT2D eigenvalue weighted by atomic mass is 9.80. The molecule has 4 heterocycles. The highest BCUT2D eigenvalue weighted by atomic mass is 16.5. The van der Waals surface area contributed by atoms with E-state index in [1.807, 2.05) is 0 Å². The van der Waals surface area contributed by atoms with Gasteiger partial charge in [0.25, 0.3) is 0 Å². The summed E-state index contributed by atoms with van der Waals surface area (Å²) in [4.78, 5) is 32.8. The van der Waals surface area contributed by atoms with Gasteiger partial charge in [0.05, 0.1) is 0 Å². The summed E-state index contributed by atoms with van der Waals surface area (Å²) in [6.07, 6.45) is 11.6. The molecule has 1 unspecified atom stereocenters. The molecule has 0 radical (unpaired) electrons. The Labute approximate surface area is 226 Å². The van der Waals surface area contributed by atoms with Gasteiger partial charge in [-0.15, -0.1) is 0 Å². The Morgan fingerprint density at radius 2 is 1.90 bits per heavy atom. The van der Waals surface area contributed by atoms with Gasteiger partial charge in [0.2, 0.25) is 11.6 Å². The zero-order chi connectivity index (χ0) is 27.1. The lowest BCUT2D eigenvalue weighted by molar-refractivity contribution is 0.0865. The second-order valence-corrected chi connectivity index (χ2v) is 11.6. The second kappa shape index (κ2) is 10.2. The van der Waals surface area contributed by atoms with Gasteiger partial charge in [0, 0.05) is 25.0 Å². The van der Waals surface area contributed by atoms with E-state index in [-0.39, 0.29) is 17.7 Å². The molecule has 39 heavy (non-hydrogen) atoms. The molecule has 4 aromatic rings. The van der Waals surface area contributed by atoms with Gasteiger partial charge in [-0.1, -0.05) is 31.3 Å². The normalized spacial score (nSPS) is 22.4. The fourth-order valence-corrected chi connectivity index (χ4v) is 5.97. The number of fused-ring (bicyclic) bond motifs is 1. The van der Waals surface area contributed by atoms with Crippen molar-refractivity contribution in [3.05, 3.63) is 46.5 Å². The first-order chi connectivity index (χ1) is 18.8. The quantitative estimate of drug-likeness (QED) is 0.303. The summed E-state index contributed by atoms with van der Waals surface area (Å²) in [5.74, 6) is 2.53. The molecule has 11 nitrogen and oxygen atoms in total. The first kappa shape index (κ1) is 25.7. The van der Waals surface area contributed by atoms with Gasteiger partial charge < -0.3 is 15.0 Å². The van der Waals surface area contributed by atoms with Crippen molar-refractivity contribution in [2.45, 2.75) is 83.9 Å². The van der Waals surface area contributed by atoms with E-state index >= 15 is 0 Å². The number of pyridine rings is 1. The number of nitrogens with one attached hydrogen (secondary N) is 2. The van der Waals surface area contributed by atoms with Crippen molar-refractivity contribution >= 4 is 17.0 Å². The Balaban J connectivity index is 1.53. The van der Waals surface area contributed by atoms with E-state index < -0.39 is 11.4 Å². The SMILES string of the molecule is C[C@@H](Nc1nc(-c2noc(=O)[nH]2)nc2nc(C(C)(O)c3ccncc3)n(C[C@H]3CC[C@H](C)CC3)c12)C1CCC1. The van der Waals surface area contributed by atoms with E-state index in [0.717, 1.165) is 24.3 Å². The fraction of sp³-hybridized carbons (Fsp3) is 0.571. The Bertz CT molecular complexity index is 1500. The zero-order valence-corrected chi connectivity index (χ0v) is 22.7. The number of aliphatic hydroxyl groups is 1. The molecule has 6 rings (SSSR count). The number of aromatic nitrogens is 7. The number of H-pyrrole nitrogens is 1. The first-order valence-corrected chi connectivity index (χ1v) is 14.0. The van der Waals surface area contributed by atoms with Crippen LogP contribution in [0.15, 0.2) is 33.8 Å². The van der Waals surface area contributed by atoms with Crippen molar-refractivity contribution in [1.82, 2.24) is 34.6 Å². The molecular formula is C28H36N8O3. The van der Waals surface area contributed by atoms with Gasteiger partial charge in [-0.2, -0.15) is 0 Å². The summed E-state index contributed by atoms with van der Waals surface area (Å²) in [5, 5.41) is 19.4. The molecule has 3 N–H and O–H groups in total. The van der Waals surface area contributed by atoms with Gasteiger partial charge in [-0.05, 0) is 75.0 Å². The molecule has 4 aromatic heterocycles. The number of imidazole rings is 1. The summed E-state index contributed by atoms with van der Waals surface area (Å²) < 4.78 is 6.85. The first-order valence-electron chi connectivity index (χ1n) is 14.0. The van der Waals surface area contributed by atoms with Crippen LogP contribution in [0.3, 0.4) is 0 Å². The van der Waals surface area contributed by atoms with Crippen molar-refractivity contribution < 1.29 is 9.63 Å². The monoisotopic (exact) mass is 532 g/mol. The standard InChI is InChI=1S/C28H36N8O3/c1-16-7-9-18(10-8-16)15-36-21-22(30-17(2)19-5-4-6-19)31-24(25-34-27(37)39-35-25)32-23(21)33-26(36)28(3,38)20-11-13-29-14-12-20/h11-14,16-19,38H,4-10,15H2,1-3H3,(H,30,31,32)(H,34,35,37)/t16-,17-,18-,28?/m1/s1. The molecule has 2 saturated carbocycles. The minimum atomic E-state index is -1.40. The van der Waals surface area contributed by atoms with Crippen molar-refractivity contribution in [3.63, 3.8) is 0 Å². The van der Waals surface area contributed by atoms with Crippen molar-refractivity contribution in [1.29, 1.82) is 0 Å². The molecule has 0 saturated heterocycles. The van der Waals surface area contributed by atoms with Crippen LogP contribution in [0.1, 0.15) is 77.1 Å². The minimum Gasteiger partial charge on any atom is -0.377 e. The highest BCUT2D eigenvalue weighted by Crippen LogP contribution is 2.38. The van der Waals surface area contributed by atoms with Crippen LogP contribution in [0.2, 0.25) is 0 Å². The van der Waals surface area contributed by atoms with Crippen LogP contribution in [0.4, 0.5) is 5.82 Å². The zero-order valence-electron chi connectivity index (χ0n) is 22.7. The van der Waals surface area contributed by atoms with Gasteiger partial charge >= 0.3 is 5.76 Å². The van der Waals surface area contributed by atoms with Crippen molar-refractivity contribution in [2.24, 2.45) is 17.8 Å². The Hall–Kier alpha value is -3.60. The lowest BCUT2D eigenvalue weighted by Gasteiger charge is -2.33. The van der Waals surface area contributed by atoms with E-state index in [1.165, 1.54) is 32.1 Å². The highest BCUT2D eigenvalue weighted by molar-refractivity contribution is 5.86. The van der Waals surface area contributed by atoms with Crippen LogP contribution in [0, 0.1) is 17.8 Å². The van der Waals surface area contributed by atoms with Crippen LogP contribution < -0.4 is 11.1 Å². The number of anilines is 1. The molecule has 206 valence electrons. The van der Waals surface area contributed by atoms with Crippen LogP contribution in [0.25, 0.3) is 22.8 Å². The molecule has 0 bridgehead atoms. The van der Waals surface area contributed by atoms with Crippen molar-refractivity contribution in [2.75, 3.05) is 5.32 Å². The average Bonchev–Trinajstić information content (AvgIpc) is 3.49. The average molecular weight is 533 g/mol. The molecule has 0 aliphatic heterocycles. The lowest BCUT2D eigenvalue weighted by Crippen LogP contribution is -2.32. The van der Waals surface area contributed by atoms with E-state index in [9.17, 15) is 9.90 Å². The predicted molar refractivity (Wildman–Crippen MR) is 146 cm³/mol. The number of hydrogen-bond acceptors (Lipinski definition) is 9. The second-order valence-electron chi connectivity index (χ2n) is 11.6. The molecule has 2 atom stereocenters. The Morgan fingerprint density at radius 3 is 2.54 bits per heavy atom. The largest absolute Gasteiger partial charge is 0.439 e. The van der Waals surface area contributed by atoms with E-state index in [2.05, 4.69) is 38.9 Å². The maximum atomic E-state index is 12.0. The number of nitrogens with zero attached hydrogens (tertiary/aromatic N) is 6. The Morgan fingerprint density at radius 1 is 1.15 bits per heavy atom.